The van der Waals surface area contributed by atoms with E-state index in [9.17, 15) is 10.5 Å². The van der Waals surface area contributed by atoms with Crippen LogP contribution in [0.5, 0.6) is 0 Å². The zero-order valence-electron chi connectivity index (χ0n) is 26.1. The van der Waals surface area contributed by atoms with Crippen LogP contribution >= 0.6 is 11.3 Å². The lowest BCUT2D eigenvalue weighted by Gasteiger charge is -2.16. The molecule has 0 unspecified atom stereocenters. The number of hydrogen-bond acceptors (Lipinski definition) is 3. The highest BCUT2D eigenvalue weighted by atomic mass is 32.1. The van der Waals surface area contributed by atoms with Gasteiger partial charge in [0.2, 0.25) is 0 Å². The molecule has 5 heteroatoms. The van der Waals surface area contributed by atoms with Crippen LogP contribution in [0.15, 0.2) is 146 Å². The minimum Gasteiger partial charge on any atom is -0.309 e. The van der Waals surface area contributed by atoms with Gasteiger partial charge in [0.15, 0.2) is 0 Å². The largest absolute Gasteiger partial charge is 0.309 e. The quantitative estimate of drug-likeness (QED) is 0.193. The molecule has 4 nitrogen and oxygen atoms in total. The molecule has 10 rings (SSSR count). The first kappa shape index (κ1) is 27.5. The van der Waals surface area contributed by atoms with Gasteiger partial charge in [0.1, 0.15) is 0 Å². The molecule has 10 aromatic rings. The van der Waals surface area contributed by atoms with Crippen molar-refractivity contribution < 1.29 is 0 Å². The van der Waals surface area contributed by atoms with Gasteiger partial charge in [0, 0.05) is 58.5 Å². The van der Waals surface area contributed by atoms with E-state index in [2.05, 4.69) is 124 Å². The van der Waals surface area contributed by atoms with Gasteiger partial charge >= 0.3 is 0 Å². The Morgan fingerprint density at radius 3 is 1.96 bits per heavy atom. The molecule has 0 bridgehead atoms. The Hall–Kier alpha value is -6.66. The van der Waals surface area contributed by atoms with Crippen molar-refractivity contribution in [2.24, 2.45) is 0 Å². The molecule has 0 saturated heterocycles. The van der Waals surface area contributed by atoms with Crippen LogP contribution in [0.25, 0.3) is 86.3 Å². The van der Waals surface area contributed by atoms with Gasteiger partial charge in [0.05, 0.1) is 51.0 Å². The van der Waals surface area contributed by atoms with Crippen LogP contribution in [-0.4, -0.2) is 9.13 Å². The highest BCUT2D eigenvalue weighted by molar-refractivity contribution is 7.27. The molecule has 49 heavy (non-hydrogen) atoms. The number of nitrogens with zero attached hydrogens (tertiary/aromatic N) is 4. The summed E-state index contributed by atoms with van der Waals surface area (Å²) in [5, 5.41) is 27.2. The molecule has 0 amide bonds. The molecule has 3 heterocycles. The molecule has 0 radical (unpaired) electrons. The van der Waals surface area contributed by atoms with E-state index in [1.54, 1.807) is 11.3 Å². The normalized spacial score (nSPS) is 11.6. The molecule has 7 aromatic carbocycles. The van der Waals surface area contributed by atoms with E-state index in [0.717, 1.165) is 49.0 Å². The predicted octanol–water partition coefficient (Wildman–Crippen LogP) is 11.7. The molecular weight excluding hydrogens is 617 g/mol. The monoisotopic (exact) mass is 640 g/mol. The first-order valence-electron chi connectivity index (χ1n) is 16.1. The number of aromatic nitrogens is 2. The van der Waals surface area contributed by atoms with Crippen molar-refractivity contribution >= 4 is 75.1 Å². The van der Waals surface area contributed by atoms with Crippen LogP contribution in [0.1, 0.15) is 11.1 Å². The van der Waals surface area contributed by atoms with Crippen LogP contribution in [0.3, 0.4) is 0 Å². The molecule has 3 aromatic heterocycles. The lowest BCUT2D eigenvalue weighted by molar-refractivity contribution is 1.18. The van der Waals surface area contributed by atoms with Crippen molar-refractivity contribution in [3.63, 3.8) is 0 Å². The maximum absolute atomic E-state index is 10.6. The van der Waals surface area contributed by atoms with Gasteiger partial charge in [-0.2, -0.15) is 10.5 Å². The van der Waals surface area contributed by atoms with E-state index >= 15 is 0 Å². The zero-order chi connectivity index (χ0) is 32.6. The van der Waals surface area contributed by atoms with Gasteiger partial charge in [0.25, 0.3) is 0 Å². The van der Waals surface area contributed by atoms with E-state index in [0.29, 0.717) is 11.1 Å². The highest BCUT2D eigenvalue weighted by Gasteiger charge is 2.23. The van der Waals surface area contributed by atoms with E-state index in [1.807, 2.05) is 42.5 Å². The molecule has 0 spiro atoms. The topological polar surface area (TPSA) is 57.4 Å². The fourth-order valence-electron chi connectivity index (χ4n) is 7.76. The number of rotatable bonds is 3. The first-order chi connectivity index (χ1) is 24.2. The molecule has 0 aliphatic rings. The van der Waals surface area contributed by atoms with Crippen molar-refractivity contribution in [2.75, 3.05) is 0 Å². The number of hydrogen-bond donors (Lipinski definition) is 0. The summed E-state index contributed by atoms with van der Waals surface area (Å²) in [6, 6.07) is 55.2. The van der Waals surface area contributed by atoms with Gasteiger partial charge in [-0.3, -0.25) is 0 Å². The summed E-state index contributed by atoms with van der Waals surface area (Å²) in [5.74, 6) is 0. The average molecular weight is 641 g/mol. The maximum atomic E-state index is 10.6. The van der Waals surface area contributed by atoms with Crippen molar-refractivity contribution in [1.29, 1.82) is 10.5 Å². The minimum atomic E-state index is 0.618. The molecule has 226 valence electrons. The second-order valence-electron chi connectivity index (χ2n) is 12.3. The summed E-state index contributed by atoms with van der Waals surface area (Å²) in [7, 11) is 0. The fourth-order valence-corrected chi connectivity index (χ4v) is 9.14. The highest BCUT2D eigenvalue weighted by Crippen LogP contribution is 2.48. The van der Waals surface area contributed by atoms with Crippen molar-refractivity contribution in [1.82, 2.24) is 9.13 Å². The Bertz CT molecular complexity index is 3070. The second-order valence-corrected chi connectivity index (χ2v) is 13.3. The van der Waals surface area contributed by atoms with Crippen molar-refractivity contribution in [3.8, 4) is 34.6 Å². The second kappa shape index (κ2) is 10.4. The fraction of sp³-hybridized carbons (Fsp3) is 0. The zero-order valence-corrected chi connectivity index (χ0v) is 26.9. The van der Waals surface area contributed by atoms with Gasteiger partial charge in [-0.1, -0.05) is 84.9 Å². The third kappa shape index (κ3) is 3.82. The molecule has 0 atom stereocenters. The molecular formula is C44H24N4S. The number of fused-ring (bicyclic) bond motifs is 10. The van der Waals surface area contributed by atoms with Crippen molar-refractivity contribution in [3.05, 3.63) is 157 Å². The number of benzene rings is 7. The van der Waals surface area contributed by atoms with E-state index in [4.69, 9.17) is 0 Å². The Balaban J connectivity index is 1.31. The smallest absolute Gasteiger partial charge is 0.0998 e. The molecule has 0 aliphatic carbocycles. The van der Waals surface area contributed by atoms with Gasteiger partial charge < -0.3 is 9.13 Å². The number of para-hydroxylation sites is 3. The number of nitriles is 2. The van der Waals surface area contributed by atoms with E-state index in [-0.39, 0.29) is 0 Å². The average Bonchev–Trinajstić information content (AvgIpc) is 3.82. The minimum absolute atomic E-state index is 0.618. The maximum Gasteiger partial charge on any atom is 0.0998 e. The third-order valence-corrected chi connectivity index (χ3v) is 11.1. The summed E-state index contributed by atoms with van der Waals surface area (Å²) in [5.41, 5.74) is 9.62. The lowest BCUT2D eigenvalue weighted by atomic mass is 9.96. The Morgan fingerprint density at radius 2 is 1.14 bits per heavy atom. The molecule has 0 aliphatic heterocycles. The number of thiophene rings is 1. The van der Waals surface area contributed by atoms with E-state index < -0.39 is 0 Å². The van der Waals surface area contributed by atoms with Gasteiger partial charge in [-0.15, -0.1) is 11.3 Å². The first-order valence-corrected chi connectivity index (χ1v) is 17.0. The molecule has 0 N–H and O–H groups in total. The summed E-state index contributed by atoms with van der Waals surface area (Å²) in [4.78, 5) is 0. The van der Waals surface area contributed by atoms with Crippen LogP contribution in [0, 0.1) is 22.7 Å². The lowest BCUT2D eigenvalue weighted by Crippen LogP contribution is -1.99. The van der Waals surface area contributed by atoms with Crippen LogP contribution in [0.4, 0.5) is 0 Å². The van der Waals surface area contributed by atoms with Gasteiger partial charge in [-0.25, -0.2) is 0 Å². The SMILES string of the molecule is N#Cc1ccc2c(c1)c1ccccc1n2-c1cccc(C#N)c1-c1cccc2c1sc1c2ccc2c1c1ccccc1n2-c1ccccc1. The summed E-state index contributed by atoms with van der Waals surface area (Å²) < 4.78 is 7.00. The van der Waals surface area contributed by atoms with E-state index in [1.165, 1.54) is 37.3 Å². The van der Waals surface area contributed by atoms with Crippen LogP contribution in [0.2, 0.25) is 0 Å². The van der Waals surface area contributed by atoms with Gasteiger partial charge in [-0.05, 0) is 60.7 Å². The summed E-state index contributed by atoms with van der Waals surface area (Å²) in [6.07, 6.45) is 0. The Labute approximate surface area is 285 Å². The summed E-state index contributed by atoms with van der Waals surface area (Å²) in [6.45, 7) is 0. The standard InChI is InChI=1S/C44H24N4S/c45-25-27-20-22-38-35(24-27)30-13-4-6-17-36(30)48(38)39-19-8-10-28(26-46)41(39)34-16-9-15-31-32-21-23-40-42(44(32)49-43(31)34)33-14-5-7-18-37(33)47(40)29-11-2-1-3-12-29/h1-24H. The summed E-state index contributed by atoms with van der Waals surface area (Å²) >= 11 is 1.81. The predicted molar refractivity (Wildman–Crippen MR) is 203 cm³/mol. The van der Waals surface area contributed by atoms with Crippen LogP contribution in [-0.2, 0) is 0 Å². The van der Waals surface area contributed by atoms with Crippen LogP contribution < -0.4 is 0 Å². The Morgan fingerprint density at radius 1 is 0.469 bits per heavy atom. The Kier molecular flexibility index (Phi) is 5.84. The van der Waals surface area contributed by atoms with Crippen molar-refractivity contribution in [2.45, 2.75) is 0 Å². The third-order valence-electron chi connectivity index (χ3n) is 9.79. The molecule has 0 fully saturated rings. The molecule has 0 saturated carbocycles.